The van der Waals surface area contributed by atoms with E-state index in [1.807, 2.05) is 44.2 Å². The Morgan fingerprint density at radius 1 is 1.10 bits per heavy atom. The van der Waals surface area contributed by atoms with E-state index in [0.717, 1.165) is 22.6 Å². The number of amidine groups is 1. The molecule has 0 saturated carbocycles. The molecule has 2 amide bonds. The third-order valence-electron chi connectivity index (χ3n) is 4.74. The highest BCUT2D eigenvalue weighted by Crippen LogP contribution is 2.24. The number of ether oxygens (including phenoxy) is 1. The Balaban J connectivity index is 1.91. The number of nitrogens with zero attached hydrogens (tertiary/aromatic N) is 2. The Morgan fingerprint density at radius 3 is 2.29 bits per heavy atom. The zero-order valence-electron chi connectivity index (χ0n) is 17.5. The van der Waals surface area contributed by atoms with Crippen molar-refractivity contribution in [3.05, 3.63) is 87.7 Å². The first-order chi connectivity index (χ1) is 14.8. The van der Waals surface area contributed by atoms with E-state index >= 15 is 0 Å². The van der Waals surface area contributed by atoms with Crippen LogP contribution in [0.15, 0.2) is 59.6 Å². The SMILES string of the molecule is COC(=O)/N=C(\N)c1ccc(CN(C(=O)c2cc(C)[nH]c2C)c2ccc(Cl)cc2)cc1. The summed E-state index contributed by atoms with van der Waals surface area (Å²) in [5.41, 5.74) is 10.4. The monoisotopic (exact) mass is 438 g/mol. The number of methoxy groups -OCH3 is 1. The fraction of sp³-hybridized carbons (Fsp3) is 0.174. The molecule has 31 heavy (non-hydrogen) atoms. The highest BCUT2D eigenvalue weighted by Gasteiger charge is 2.21. The summed E-state index contributed by atoms with van der Waals surface area (Å²) < 4.78 is 4.49. The number of hydrogen-bond donors (Lipinski definition) is 2. The highest BCUT2D eigenvalue weighted by atomic mass is 35.5. The molecule has 3 aromatic rings. The first-order valence-electron chi connectivity index (χ1n) is 9.53. The standard InChI is InChI=1S/C23H23ClN4O3/c1-14-12-20(15(2)26-14)22(29)28(19-10-8-18(24)9-11-19)13-16-4-6-17(7-5-16)21(25)27-23(30)31-3/h4-12,26H,13H2,1-3H3,(H2,25,27,30). The van der Waals surface area contributed by atoms with E-state index < -0.39 is 6.09 Å². The van der Waals surface area contributed by atoms with Crippen LogP contribution >= 0.6 is 11.6 Å². The molecule has 0 aliphatic carbocycles. The highest BCUT2D eigenvalue weighted by molar-refractivity contribution is 6.30. The van der Waals surface area contributed by atoms with E-state index in [0.29, 0.717) is 22.7 Å². The molecule has 1 aromatic heterocycles. The van der Waals surface area contributed by atoms with Crippen molar-refractivity contribution in [2.75, 3.05) is 12.0 Å². The van der Waals surface area contributed by atoms with Crippen LogP contribution in [0.1, 0.15) is 32.9 Å². The van der Waals surface area contributed by atoms with Crippen LogP contribution < -0.4 is 10.6 Å². The van der Waals surface area contributed by atoms with Gasteiger partial charge in [0.05, 0.1) is 19.2 Å². The number of H-pyrrole nitrogens is 1. The fourth-order valence-corrected chi connectivity index (χ4v) is 3.29. The zero-order valence-corrected chi connectivity index (χ0v) is 18.2. The minimum atomic E-state index is -0.766. The number of nitrogens with one attached hydrogen (secondary N) is 1. The maximum absolute atomic E-state index is 13.4. The van der Waals surface area contributed by atoms with Crippen LogP contribution in [-0.4, -0.2) is 29.9 Å². The molecule has 0 saturated heterocycles. The van der Waals surface area contributed by atoms with Gasteiger partial charge >= 0.3 is 6.09 Å². The number of aliphatic imine (C=N–C) groups is 1. The molecule has 7 nitrogen and oxygen atoms in total. The van der Waals surface area contributed by atoms with Crippen molar-refractivity contribution in [1.82, 2.24) is 4.98 Å². The number of nitrogens with two attached hydrogens (primary N) is 1. The number of carbonyl (C=O) groups excluding carboxylic acids is 2. The van der Waals surface area contributed by atoms with Gasteiger partial charge in [-0.05, 0) is 49.7 Å². The molecular weight excluding hydrogens is 416 g/mol. The van der Waals surface area contributed by atoms with Gasteiger partial charge < -0.3 is 20.4 Å². The Kier molecular flexibility index (Phi) is 6.77. The molecule has 160 valence electrons. The predicted octanol–water partition coefficient (Wildman–Crippen LogP) is 4.60. The third kappa shape index (κ3) is 5.32. The van der Waals surface area contributed by atoms with Gasteiger partial charge in [0, 0.05) is 27.7 Å². The van der Waals surface area contributed by atoms with Gasteiger partial charge in [-0.25, -0.2) is 4.79 Å². The summed E-state index contributed by atoms with van der Waals surface area (Å²) in [6.07, 6.45) is -0.766. The largest absolute Gasteiger partial charge is 0.451 e. The van der Waals surface area contributed by atoms with Crippen LogP contribution in [0.3, 0.4) is 0 Å². The first kappa shape index (κ1) is 22.1. The van der Waals surface area contributed by atoms with Gasteiger partial charge in [0.15, 0.2) is 0 Å². The van der Waals surface area contributed by atoms with Crippen molar-refractivity contribution < 1.29 is 14.3 Å². The van der Waals surface area contributed by atoms with Gasteiger partial charge in [-0.3, -0.25) is 4.79 Å². The van der Waals surface area contributed by atoms with Crippen molar-refractivity contribution in [3.63, 3.8) is 0 Å². The lowest BCUT2D eigenvalue weighted by molar-refractivity contribution is 0.0984. The second kappa shape index (κ2) is 9.49. The molecule has 0 fully saturated rings. The lowest BCUT2D eigenvalue weighted by Crippen LogP contribution is -2.30. The van der Waals surface area contributed by atoms with E-state index in [9.17, 15) is 9.59 Å². The number of aromatic nitrogens is 1. The molecule has 3 rings (SSSR count). The van der Waals surface area contributed by atoms with Crippen molar-refractivity contribution >= 4 is 35.1 Å². The number of aromatic amines is 1. The molecule has 0 radical (unpaired) electrons. The Morgan fingerprint density at radius 2 is 1.74 bits per heavy atom. The second-order valence-corrected chi connectivity index (χ2v) is 7.46. The van der Waals surface area contributed by atoms with Crippen LogP contribution in [0.4, 0.5) is 10.5 Å². The smallest absolute Gasteiger partial charge is 0.435 e. The van der Waals surface area contributed by atoms with Gasteiger partial charge in [0.25, 0.3) is 5.91 Å². The van der Waals surface area contributed by atoms with Crippen molar-refractivity contribution in [3.8, 4) is 0 Å². The number of hydrogen-bond acceptors (Lipinski definition) is 3. The van der Waals surface area contributed by atoms with E-state index in [2.05, 4.69) is 14.7 Å². The minimum absolute atomic E-state index is 0.0578. The average molecular weight is 439 g/mol. The number of benzene rings is 2. The summed E-state index contributed by atoms with van der Waals surface area (Å²) >= 11 is 6.03. The number of amides is 2. The average Bonchev–Trinajstić information content (AvgIpc) is 3.10. The Bertz CT molecular complexity index is 1120. The summed E-state index contributed by atoms with van der Waals surface area (Å²) in [5.74, 6) is -0.0672. The van der Waals surface area contributed by atoms with Crippen LogP contribution in [0.5, 0.6) is 0 Å². The van der Waals surface area contributed by atoms with Crippen LogP contribution in [0, 0.1) is 13.8 Å². The normalized spacial score (nSPS) is 11.3. The zero-order chi connectivity index (χ0) is 22.5. The Labute approximate surface area is 185 Å². The molecule has 0 aliphatic rings. The molecule has 0 aliphatic heterocycles. The predicted molar refractivity (Wildman–Crippen MR) is 122 cm³/mol. The molecule has 3 N–H and O–H groups in total. The lowest BCUT2D eigenvalue weighted by atomic mass is 10.1. The maximum atomic E-state index is 13.4. The molecule has 2 aromatic carbocycles. The molecule has 1 heterocycles. The number of halogens is 1. The third-order valence-corrected chi connectivity index (χ3v) is 4.99. The van der Waals surface area contributed by atoms with E-state index in [1.54, 1.807) is 29.2 Å². The van der Waals surface area contributed by atoms with Crippen LogP contribution in [-0.2, 0) is 11.3 Å². The Hall–Kier alpha value is -3.58. The first-order valence-corrected chi connectivity index (χ1v) is 9.91. The summed E-state index contributed by atoms with van der Waals surface area (Å²) in [7, 11) is 1.23. The summed E-state index contributed by atoms with van der Waals surface area (Å²) in [4.78, 5) is 33.2. The van der Waals surface area contributed by atoms with Gasteiger partial charge in [0.1, 0.15) is 5.84 Å². The van der Waals surface area contributed by atoms with Crippen molar-refractivity contribution in [2.24, 2.45) is 10.7 Å². The molecular formula is C23H23ClN4O3. The van der Waals surface area contributed by atoms with Crippen molar-refractivity contribution in [2.45, 2.75) is 20.4 Å². The minimum Gasteiger partial charge on any atom is -0.451 e. The van der Waals surface area contributed by atoms with E-state index in [1.165, 1.54) is 7.11 Å². The summed E-state index contributed by atoms with van der Waals surface area (Å²) in [6.45, 7) is 4.12. The lowest BCUT2D eigenvalue weighted by Gasteiger charge is -2.23. The number of carbonyl (C=O) groups is 2. The van der Waals surface area contributed by atoms with Gasteiger partial charge in [0.2, 0.25) is 0 Å². The summed E-state index contributed by atoms with van der Waals surface area (Å²) in [5, 5.41) is 0.592. The van der Waals surface area contributed by atoms with E-state index in [4.69, 9.17) is 17.3 Å². The number of aryl methyl sites for hydroxylation is 2. The number of anilines is 1. The van der Waals surface area contributed by atoms with E-state index in [-0.39, 0.29) is 11.7 Å². The summed E-state index contributed by atoms with van der Waals surface area (Å²) in [6, 6.07) is 16.1. The fourth-order valence-electron chi connectivity index (χ4n) is 3.16. The van der Waals surface area contributed by atoms with Gasteiger partial charge in [-0.1, -0.05) is 35.9 Å². The van der Waals surface area contributed by atoms with Crippen LogP contribution in [0.25, 0.3) is 0 Å². The molecule has 8 heteroatoms. The second-order valence-electron chi connectivity index (χ2n) is 7.02. The van der Waals surface area contributed by atoms with Crippen molar-refractivity contribution in [1.29, 1.82) is 0 Å². The molecule has 0 atom stereocenters. The topological polar surface area (TPSA) is 101 Å². The van der Waals surface area contributed by atoms with Crippen LogP contribution in [0.2, 0.25) is 5.02 Å². The van der Waals surface area contributed by atoms with Gasteiger partial charge in [-0.15, -0.1) is 0 Å². The molecule has 0 bridgehead atoms. The van der Waals surface area contributed by atoms with Gasteiger partial charge in [-0.2, -0.15) is 4.99 Å². The maximum Gasteiger partial charge on any atom is 0.435 e. The quantitative estimate of drug-likeness (QED) is 0.448. The number of rotatable bonds is 5. The molecule has 0 unspecified atom stereocenters. The molecule has 0 spiro atoms.